The fourth-order valence-corrected chi connectivity index (χ4v) is 2.00. The zero-order chi connectivity index (χ0) is 12.4. The highest BCUT2D eigenvalue weighted by Crippen LogP contribution is 1.91. The lowest BCUT2D eigenvalue weighted by atomic mass is 10.2. The van der Waals surface area contributed by atoms with Crippen LogP contribution in [-0.4, -0.2) is 47.0 Å². The van der Waals surface area contributed by atoms with Crippen molar-refractivity contribution in [1.82, 2.24) is 10.0 Å². The Hall–Kier alpha value is -0.170. The maximum atomic E-state index is 11.4. The summed E-state index contributed by atoms with van der Waals surface area (Å²) in [5.74, 6) is 0.593. The smallest absolute Gasteiger partial charge is 0.212 e. The second-order valence-corrected chi connectivity index (χ2v) is 5.96. The topological polar surface area (TPSA) is 67.4 Å². The average Bonchev–Trinajstić information content (AvgIpc) is 2.16. The van der Waals surface area contributed by atoms with Gasteiger partial charge in [0.2, 0.25) is 10.0 Å². The number of ether oxygens (including phenoxy) is 1. The lowest BCUT2D eigenvalue weighted by Crippen LogP contribution is -2.34. The molecule has 98 valence electrons. The third-order valence-corrected chi connectivity index (χ3v) is 3.20. The molecule has 0 saturated heterocycles. The molecule has 2 N–H and O–H groups in total. The predicted octanol–water partition coefficient (Wildman–Crippen LogP) is 0.188. The van der Waals surface area contributed by atoms with Gasteiger partial charge in [0.25, 0.3) is 0 Å². The minimum absolute atomic E-state index is 0.116. The fourth-order valence-electron chi connectivity index (χ4n) is 1.04. The molecule has 0 atom stereocenters. The normalized spacial score (nSPS) is 12.2. The van der Waals surface area contributed by atoms with E-state index in [1.165, 1.54) is 0 Å². The molecule has 0 aliphatic rings. The Bertz CT molecular complexity index is 253. The summed E-state index contributed by atoms with van der Waals surface area (Å²) in [6, 6.07) is 0. The minimum atomic E-state index is -3.15. The molecule has 16 heavy (non-hydrogen) atoms. The molecule has 0 radical (unpaired) electrons. The molecule has 0 amide bonds. The largest absolute Gasteiger partial charge is 0.380 e. The van der Waals surface area contributed by atoms with E-state index < -0.39 is 10.0 Å². The molecule has 6 heteroatoms. The first kappa shape index (κ1) is 15.8. The minimum Gasteiger partial charge on any atom is -0.380 e. The van der Waals surface area contributed by atoms with E-state index in [0.29, 0.717) is 32.2 Å². The molecule has 0 unspecified atom stereocenters. The molecular formula is C10H24N2O3S. The van der Waals surface area contributed by atoms with Crippen molar-refractivity contribution in [2.24, 2.45) is 5.92 Å². The molecule has 0 fully saturated rings. The van der Waals surface area contributed by atoms with Crippen LogP contribution in [-0.2, 0) is 14.8 Å². The van der Waals surface area contributed by atoms with Crippen LogP contribution in [0.25, 0.3) is 0 Å². The summed E-state index contributed by atoms with van der Waals surface area (Å²) in [7, 11) is -3.15. The highest BCUT2D eigenvalue weighted by atomic mass is 32.2. The Morgan fingerprint density at radius 1 is 1.25 bits per heavy atom. The maximum Gasteiger partial charge on any atom is 0.212 e. The third-order valence-electron chi connectivity index (χ3n) is 1.82. The van der Waals surface area contributed by atoms with Crippen LogP contribution >= 0.6 is 0 Å². The predicted molar refractivity (Wildman–Crippen MR) is 66.0 cm³/mol. The van der Waals surface area contributed by atoms with Crippen molar-refractivity contribution in [3.8, 4) is 0 Å². The molecule has 0 aromatic rings. The van der Waals surface area contributed by atoms with Gasteiger partial charge < -0.3 is 10.1 Å². The van der Waals surface area contributed by atoms with Crippen molar-refractivity contribution in [3.05, 3.63) is 0 Å². The average molecular weight is 252 g/mol. The van der Waals surface area contributed by atoms with E-state index in [9.17, 15) is 8.42 Å². The van der Waals surface area contributed by atoms with Gasteiger partial charge in [-0.1, -0.05) is 20.8 Å². The first-order chi connectivity index (χ1) is 7.48. The van der Waals surface area contributed by atoms with Gasteiger partial charge in [0.05, 0.1) is 12.4 Å². The highest BCUT2D eigenvalue weighted by molar-refractivity contribution is 7.89. The molecule has 0 bridgehead atoms. The van der Waals surface area contributed by atoms with E-state index in [2.05, 4.69) is 23.9 Å². The van der Waals surface area contributed by atoms with E-state index >= 15 is 0 Å². The monoisotopic (exact) mass is 252 g/mol. The van der Waals surface area contributed by atoms with Crippen molar-refractivity contribution in [2.75, 3.05) is 38.6 Å². The van der Waals surface area contributed by atoms with Crippen molar-refractivity contribution >= 4 is 10.0 Å². The summed E-state index contributed by atoms with van der Waals surface area (Å²) < 4.78 is 30.6. The third kappa shape index (κ3) is 10.4. The van der Waals surface area contributed by atoms with Crippen molar-refractivity contribution < 1.29 is 13.2 Å². The van der Waals surface area contributed by atoms with Gasteiger partial charge in [-0.15, -0.1) is 0 Å². The van der Waals surface area contributed by atoms with Gasteiger partial charge >= 0.3 is 0 Å². The van der Waals surface area contributed by atoms with Gasteiger partial charge in [0.15, 0.2) is 0 Å². The summed E-state index contributed by atoms with van der Waals surface area (Å²) in [5.41, 5.74) is 0. The summed E-state index contributed by atoms with van der Waals surface area (Å²) in [4.78, 5) is 0. The summed E-state index contributed by atoms with van der Waals surface area (Å²) in [5, 5.41) is 2.97. The van der Waals surface area contributed by atoms with Crippen LogP contribution < -0.4 is 10.0 Å². The molecule has 0 saturated carbocycles. The summed E-state index contributed by atoms with van der Waals surface area (Å²) >= 11 is 0. The van der Waals surface area contributed by atoms with Gasteiger partial charge in [0, 0.05) is 19.7 Å². The lowest BCUT2D eigenvalue weighted by Gasteiger charge is -2.08. The highest BCUT2D eigenvalue weighted by Gasteiger charge is 2.08. The van der Waals surface area contributed by atoms with Crippen molar-refractivity contribution in [3.63, 3.8) is 0 Å². The van der Waals surface area contributed by atoms with Crippen LogP contribution in [0.3, 0.4) is 0 Å². The van der Waals surface area contributed by atoms with Gasteiger partial charge in [-0.25, -0.2) is 13.1 Å². The zero-order valence-corrected chi connectivity index (χ0v) is 11.3. The first-order valence-electron chi connectivity index (χ1n) is 5.73. The number of sulfonamides is 1. The van der Waals surface area contributed by atoms with E-state index in [1.54, 1.807) is 0 Å². The van der Waals surface area contributed by atoms with Crippen LogP contribution in [0.2, 0.25) is 0 Å². The van der Waals surface area contributed by atoms with Gasteiger partial charge in [-0.2, -0.15) is 0 Å². The van der Waals surface area contributed by atoms with Gasteiger partial charge in [0.1, 0.15) is 0 Å². The quantitative estimate of drug-likeness (QED) is 0.545. The van der Waals surface area contributed by atoms with Crippen LogP contribution in [0, 0.1) is 5.92 Å². The zero-order valence-electron chi connectivity index (χ0n) is 10.5. The van der Waals surface area contributed by atoms with Crippen LogP contribution in [0.15, 0.2) is 0 Å². The second kappa shape index (κ2) is 8.92. The summed E-state index contributed by atoms with van der Waals surface area (Å²) in [6.07, 6.45) is 0. The standard InChI is InChI=1S/C10H24N2O3S/c1-4-11-6-8-16(13,14)12-5-7-15-9-10(2)3/h10-12H,4-9H2,1-3H3. The molecule has 0 aliphatic heterocycles. The molecule has 0 spiro atoms. The molecule has 0 aromatic carbocycles. The summed E-state index contributed by atoms with van der Waals surface area (Å²) in [6.45, 7) is 8.77. The Morgan fingerprint density at radius 2 is 1.94 bits per heavy atom. The first-order valence-corrected chi connectivity index (χ1v) is 7.39. The molecular weight excluding hydrogens is 228 g/mol. The molecule has 0 rings (SSSR count). The SMILES string of the molecule is CCNCCS(=O)(=O)NCCOCC(C)C. The lowest BCUT2D eigenvalue weighted by molar-refractivity contribution is 0.114. The van der Waals surface area contributed by atoms with Crippen LogP contribution in [0.1, 0.15) is 20.8 Å². The number of hydrogen-bond acceptors (Lipinski definition) is 4. The van der Waals surface area contributed by atoms with Gasteiger partial charge in [-0.05, 0) is 12.5 Å². The van der Waals surface area contributed by atoms with E-state index in [0.717, 1.165) is 6.54 Å². The second-order valence-electron chi connectivity index (χ2n) is 4.04. The Balaban J connectivity index is 3.51. The Morgan fingerprint density at radius 3 is 2.50 bits per heavy atom. The van der Waals surface area contributed by atoms with E-state index in [1.807, 2.05) is 6.92 Å². The fraction of sp³-hybridized carbons (Fsp3) is 1.00. The number of nitrogens with one attached hydrogen (secondary N) is 2. The molecule has 0 aromatic heterocycles. The van der Waals surface area contributed by atoms with E-state index in [-0.39, 0.29) is 5.75 Å². The Kier molecular flexibility index (Phi) is 8.83. The van der Waals surface area contributed by atoms with E-state index in [4.69, 9.17) is 4.74 Å². The van der Waals surface area contributed by atoms with Crippen LogP contribution in [0.4, 0.5) is 0 Å². The number of hydrogen-bond donors (Lipinski definition) is 2. The molecule has 0 heterocycles. The van der Waals surface area contributed by atoms with Crippen LogP contribution in [0.5, 0.6) is 0 Å². The number of rotatable bonds is 10. The van der Waals surface area contributed by atoms with Gasteiger partial charge in [-0.3, -0.25) is 0 Å². The van der Waals surface area contributed by atoms with Crippen molar-refractivity contribution in [1.29, 1.82) is 0 Å². The molecule has 0 aliphatic carbocycles. The maximum absolute atomic E-state index is 11.4. The molecule has 5 nitrogen and oxygen atoms in total. The van der Waals surface area contributed by atoms with Crippen molar-refractivity contribution in [2.45, 2.75) is 20.8 Å². The Labute approximate surface area is 99.0 Å².